The lowest BCUT2D eigenvalue weighted by molar-refractivity contribution is -0.118. The molecule has 100 valence electrons. The van der Waals surface area contributed by atoms with Crippen LogP contribution >= 0.6 is 0 Å². The fourth-order valence-corrected chi connectivity index (χ4v) is 2.07. The number of carbonyl (C=O) groups is 1. The minimum absolute atomic E-state index is 0.151. The summed E-state index contributed by atoms with van der Waals surface area (Å²) in [6.45, 7) is 2.95. The predicted octanol–water partition coefficient (Wildman–Crippen LogP) is 2.67. The molecule has 1 rings (SSSR count). The van der Waals surface area contributed by atoms with E-state index in [0.29, 0.717) is 5.56 Å². The second-order valence-corrected chi connectivity index (χ2v) is 5.79. The Bertz CT molecular complexity index is 544. The number of rotatable bonds is 3. The summed E-state index contributed by atoms with van der Waals surface area (Å²) in [6.07, 6.45) is 0. The summed E-state index contributed by atoms with van der Waals surface area (Å²) in [7, 11) is -5.32. The number of sulfone groups is 1. The van der Waals surface area contributed by atoms with Crippen LogP contribution in [0.4, 0.5) is 13.2 Å². The van der Waals surface area contributed by atoms with Gasteiger partial charge in [-0.25, -0.2) is 8.42 Å². The first kappa shape index (κ1) is 14.7. The van der Waals surface area contributed by atoms with Crippen molar-refractivity contribution in [3.8, 4) is 0 Å². The zero-order valence-electron chi connectivity index (χ0n) is 9.65. The molecule has 0 bridgehead atoms. The zero-order chi connectivity index (χ0) is 14.1. The van der Waals surface area contributed by atoms with Crippen molar-refractivity contribution in [1.29, 1.82) is 0 Å². The quantitative estimate of drug-likeness (QED) is 0.855. The lowest BCUT2D eigenvalue weighted by atomic mass is 9.98. The summed E-state index contributed by atoms with van der Waals surface area (Å²) in [5.41, 5.74) is -4.84. The van der Waals surface area contributed by atoms with Gasteiger partial charge in [0.15, 0.2) is 0 Å². The van der Waals surface area contributed by atoms with Gasteiger partial charge in [0.05, 0.1) is 4.90 Å². The van der Waals surface area contributed by atoms with Gasteiger partial charge in [-0.15, -0.1) is 0 Å². The topological polar surface area (TPSA) is 51.2 Å². The number of alkyl halides is 3. The monoisotopic (exact) mass is 280 g/mol. The first-order valence-electron chi connectivity index (χ1n) is 4.99. The van der Waals surface area contributed by atoms with Crippen LogP contribution in [-0.2, 0) is 14.6 Å². The molecule has 0 fully saturated rings. The zero-order valence-corrected chi connectivity index (χ0v) is 10.5. The first-order valence-corrected chi connectivity index (χ1v) is 6.47. The molecule has 1 unspecified atom stereocenters. The highest BCUT2D eigenvalue weighted by atomic mass is 32.2. The van der Waals surface area contributed by atoms with E-state index < -0.39 is 26.2 Å². The number of carbonyl (C=O) groups excluding carboxylic acids is 1. The molecule has 3 nitrogen and oxygen atoms in total. The predicted molar refractivity (Wildman–Crippen MR) is 58.8 cm³/mol. The molecule has 0 aliphatic heterocycles. The Hall–Kier alpha value is -1.37. The number of hydrogen-bond acceptors (Lipinski definition) is 3. The largest absolute Gasteiger partial charge is 0.501 e. The molecule has 1 aromatic carbocycles. The fraction of sp³-hybridized carbons (Fsp3) is 0.364. The summed E-state index contributed by atoms with van der Waals surface area (Å²) in [4.78, 5) is 10.3. The molecule has 0 aliphatic carbocycles. The Labute approximate surface area is 103 Å². The summed E-state index contributed by atoms with van der Waals surface area (Å²) >= 11 is 0. The smallest absolute Gasteiger partial charge is 0.299 e. The van der Waals surface area contributed by atoms with Gasteiger partial charge in [-0.3, -0.25) is 4.79 Å². The molecule has 0 aromatic heterocycles. The molecular formula is C11H11F3O3S. The maximum absolute atomic E-state index is 12.3. The van der Waals surface area contributed by atoms with Crippen molar-refractivity contribution in [3.05, 3.63) is 29.8 Å². The standard InChI is InChI=1S/C11H11F3O3S/c1-7(8(2)15)9-3-5-10(6-4-9)18(16,17)11(12,13)14/h3-7H,1-2H3. The Morgan fingerprint density at radius 2 is 1.61 bits per heavy atom. The average Bonchev–Trinajstić information content (AvgIpc) is 2.26. The summed E-state index contributed by atoms with van der Waals surface area (Å²) in [6, 6.07) is 4.14. The van der Waals surface area contributed by atoms with E-state index in [1.807, 2.05) is 0 Å². The van der Waals surface area contributed by atoms with Crippen LogP contribution < -0.4 is 0 Å². The minimum atomic E-state index is -5.32. The van der Waals surface area contributed by atoms with Crippen LogP contribution in [0, 0.1) is 0 Å². The maximum Gasteiger partial charge on any atom is 0.501 e. The molecule has 0 spiro atoms. The Morgan fingerprint density at radius 1 is 1.17 bits per heavy atom. The van der Waals surface area contributed by atoms with Crippen LogP contribution in [0.2, 0.25) is 0 Å². The molecule has 0 saturated carbocycles. The Kier molecular flexibility index (Phi) is 3.85. The van der Waals surface area contributed by atoms with Crippen molar-refractivity contribution in [2.24, 2.45) is 0 Å². The average molecular weight is 280 g/mol. The van der Waals surface area contributed by atoms with Crippen LogP contribution in [-0.4, -0.2) is 19.7 Å². The van der Waals surface area contributed by atoms with Gasteiger partial charge in [0.25, 0.3) is 9.84 Å². The van der Waals surface area contributed by atoms with E-state index in [1.54, 1.807) is 6.92 Å². The third-order valence-electron chi connectivity index (χ3n) is 2.60. The van der Waals surface area contributed by atoms with Crippen LogP contribution in [0.5, 0.6) is 0 Å². The molecule has 0 radical (unpaired) electrons. The lowest BCUT2D eigenvalue weighted by Crippen LogP contribution is -2.23. The summed E-state index contributed by atoms with van der Waals surface area (Å²) in [5.74, 6) is -0.630. The van der Waals surface area contributed by atoms with Crippen molar-refractivity contribution in [3.63, 3.8) is 0 Å². The first-order chi connectivity index (χ1) is 8.07. The van der Waals surface area contributed by atoms with Gasteiger partial charge in [-0.2, -0.15) is 13.2 Å². The highest BCUT2D eigenvalue weighted by molar-refractivity contribution is 7.92. The van der Waals surface area contributed by atoms with Gasteiger partial charge in [-0.05, 0) is 24.6 Å². The molecule has 0 saturated heterocycles. The van der Waals surface area contributed by atoms with Gasteiger partial charge in [0, 0.05) is 5.92 Å². The SMILES string of the molecule is CC(=O)C(C)c1ccc(S(=O)(=O)C(F)(F)F)cc1. The van der Waals surface area contributed by atoms with Gasteiger partial charge in [-0.1, -0.05) is 19.1 Å². The summed E-state index contributed by atoms with van der Waals surface area (Å²) < 4.78 is 58.9. The third-order valence-corrected chi connectivity index (χ3v) is 4.11. The van der Waals surface area contributed by atoms with Crippen molar-refractivity contribution in [2.45, 2.75) is 30.2 Å². The van der Waals surface area contributed by atoms with Crippen molar-refractivity contribution in [1.82, 2.24) is 0 Å². The van der Waals surface area contributed by atoms with E-state index in [9.17, 15) is 26.4 Å². The number of halogens is 3. The van der Waals surface area contributed by atoms with Crippen molar-refractivity contribution < 1.29 is 26.4 Å². The second kappa shape index (κ2) is 4.72. The van der Waals surface area contributed by atoms with E-state index in [2.05, 4.69) is 0 Å². The molecule has 0 amide bonds. The van der Waals surface area contributed by atoms with Gasteiger partial charge in [0.2, 0.25) is 0 Å². The number of ketones is 1. The molecule has 7 heteroatoms. The van der Waals surface area contributed by atoms with Gasteiger partial charge in [0.1, 0.15) is 5.78 Å². The van der Waals surface area contributed by atoms with Crippen LogP contribution in [0.15, 0.2) is 29.2 Å². The Balaban J connectivity index is 3.16. The number of benzene rings is 1. The molecular weight excluding hydrogens is 269 g/mol. The van der Waals surface area contributed by atoms with E-state index in [-0.39, 0.29) is 5.78 Å². The van der Waals surface area contributed by atoms with Gasteiger partial charge >= 0.3 is 5.51 Å². The molecule has 1 atom stereocenters. The van der Waals surface area contributed by atoms with Crippen LogP contribution in [0.25, 0.3) is 0 Å². The lowest BCUT2D eigenvalue weighted by Gasteiger charge is -2.11. The van der Waals surface area contributed by atoms with Crippen LogP contribution in [0.1, 0.15) is 25.3 Å². The highest BCUT2D eigenvalue weighted by Crippen LogP contribution is 2.30. The third kappa shape index (κ3) is 2.72. The highest BCUT2D eigenvalue weighted by Gasteiger charge is 2.46. The van der Waals surface area contributed by atoms with E-state index in [4.69, 9.17) is 0 Å². The van der Waals surface area contributed by atoms with Gasteiger partial charge < -0.3 is 0 Å². The molecule has 1 aromatic rings. The van der Waals surface area contributed by atoms with E-state index in [0.717, 1.165) is 12.1 Å². The molecule has 18 heavy (non-hydrogen) atoms. The van der Waals surface area contributed by atoms with E-state index in [1.165, 1.54) is 19.1 Å². The fourth-order valence-electron chi connectivity index (χ4n) is 1.30. The number of hydrogen-bond donors (Lipinski definition) is 0. The van der Waals surface area contributed by atoms with Crippen LogP contribution in [0.3, 0.4) is 0 Å². The molecule has 0 aliphatic rings. The van der Waals surface area contributed by atoms with Crippen molar-refractivity contribution in [2.75, 3.05) is 0 Å². The van der Waals surface area contributed by atoms with Crippen molar-refractivity contribution >= 4 is 15.6 Å². The normalized spacial score (nSPS) is 14.3. The minimum Gasteiger partial charge on any atom is -0.299 e. The van der Waals surface area contributed by atoms with E-state index >= 15 is 0 Å². The molecule has 0 N–H and O–H groups in total. The second-order valence-electron chi connectivity index (χ2n) is 3.85. The Morgan fingerprint density at radius 3 is 1.94 bits per heavy atom. The number of Topliss-reactive ketones (excluding diaryl/α,β-unsaturated/α-hetero) is 1. The maximum atomic E-state index is 12.3. The molecule has 0 heterocycles. The summed E-state index contributed by atoms with van der Waals surface area (Å²) in [5, 5.41) is 0.